The molecule has 0 N–H and O–H groups in total. The van der Waals surface area contributed by atoms with Crippen molar-refractivity contribution in [2.24, 2.45) is 0 Å². The fourth-order valence-corrected chi connectivity index (χ4v) is 7.86. The van der Waals surface area contributed by atoms with Gasteiger partial charge in [-0.1, -0.05) is 80.4 Å². The SMILES string of the molecule is CCCCCN(C)P1(=O)N(C)c2ccc3ccccc3c2-c2c(ccc3ccccc23)N1C. The van der Waals surface area contributed by atoms with Gasteiger partial charge in [0.15, 0.2) is 0 Å². The molecule has 0 saturated heterocycles. The van der Waals surface area contributed by atoms with Crippen LogP contribution in [0.4, 0.5) is 11.4 Å². The highest BCUT2D eigenvalue weighted by molar-refractivity contribution is 7.64. The molecular formula is C28H32N3OP. The van der Waals surface area contributed by atoms with Gasteiger partial charge in [0.25, 0.3) is 0 Å². The van der Waals surface area contributed by atoms with Crippen molar-refractivity contribution in [1.29, 1.82) is 0 Å². The molecule has 0 aliphatic carbocycles. The van der Waals surface area contributed by atoms with Crippen LogP contribution in [-0.4, -0.2) is 32.4 Å². The Labute approximate surface area is 197 Å². The number of hydrogen-bond acceptors (Lipinski definition) is 1. The van der Waals surface area contributed by atoms with E-state index in [4.69, 9.17) is 0 Å². The molecular weight excluding hydrogens is 425 g/mol. The van der Waals surface area contributed by atoms with Gasteiger partial charge in [0.2, 0.25) is 0 Å². The number of benzene rings is 4. The third-order valence-corrected chi connectivity index (χ3v) is 10.2. The zero-order valence-electron chi connectivity index (χ0n) is 20.0. The molecule has 4 aromatic carbocycles. The lowest BCUT2D eigenvalue weighted by Crippen LogP contribution is -2.36. The molecule has 0 aromatic heterocycles. The molecule has 0 radical (unpaired) electrons. The highest BCUT2D eigenvalue weighted by Gasteiger charge is 2.42. The van der Waals surface area contributed by atoms with Crippen LogP contribution in [-0.2, 0) is 4.57 Å². The van der Waals surface area contributed by atoms with Crippen molar-refractivity contribution in [3.05, 3.63) is 72.8 Å². The minimum Gasteiger partial charge on any atom is -0.297 e. The van der Waals surface area contributed by atoms with E-state index in [0.717, 1.165) is 48.3 Å². The summed E-state index contributed by atoms with van der Waals surface area (Å²) in [7, 11) is 2.91. The standard InChI is InChI=1S/C28H32N3OP/c1-5-6-11-20-29(2)33(32)30(3)25-18-16-21-12-7-9-14-23(21)27(25)28-24-15-10-8-13-22(24)17-19-26(28)31(33)4/h7-10,12-19H,5-6,11,20H2,1-4H3. The first kappa shape index (κ1) is 22.0. The lowest BCUT2D eigenvalue weighted by molar-refractivity contribution is 0.449. The Bertz CT molecular complexity index is 1290. The predicted molar refractivity (Wildman–Crippen MR) is 143 cm³/mol. The minimum absolute atomic E-state index is 0.797. The molecule has 33 heavy (non-hydrogen) atoms. The molecule has 0 atom stereocenters. The maximum atomic E-state index is 15.0. The van der Waals surface area contributed by atoms with Gasteiger partial charge in [-0.25, -0.2) is 4.67 Å². The van der Waals surface area contributed by atoms with Crippen LogP contribution < -0.4 is 9.34 Å². The van der Waals surface area contributed by atoms with Gasteiger partial charge in [-0.15, -0.1) is 0 Å². The van der Waals surface area contributed by atoms with Crippen molar-refractivity contribution in [2.45, 2.75) is 26.2 Å². The topological polar surface area (TPSA) is 26.8 Å². The van der Waals surface area contributed by atoms with Crippen molar-refractivity contribution in [3.63, 3.8) is 0 Å². The van der Waals surface area contributed by atoms with E-state index in [2.05, 4.69) is 84.4 Å². The third kappa shape index (κ3) is 3.36. The molecule has 4 nitrogen and oxygen atoms in total. The first-order valence-electron chi connectivity index (χ1n) is 11.8. The van der Waals surface area contributed by atoms with E-state index in [1.54, 1.807) is 0 Å². The quantitative estimate of drug-likeness (QED) is 0.226. The van der Waals surface area contributed by atoms with E-state index in [-0.39, 0.29) is 0 Å². The summed E-state index contributed by atoms with van der Waals surface area (Å²) in [6.45, 7) is 3.00. The molecule has 1 heterocycles. The Morgan fingerprint density at radius 1 is 0.727 bits per heavy atom. The molecule has 0 fully saturated rings. The van der Waals surface area contributed by atoms with Gasteiger partial charge in [0, 0.05) is 31.8 Å². The summed E-state index contributed by atoms with van der Waals surface area (Å²) in [5.74, 6) is 0. The van der Waals surface area contributed by atoms with E-state index in [1.165, 1.54) is 21.5 Å². The van der Waals surface area contributed by atoms with Gasteiger partial charge in [-0.2, -0.15) is 0 Å². The first-order chi connectivity index (χ1) is 16.0. The van der Waals surface area contributed by atoms with E-state index in [0.29, 0.717) is 0 Å². The number of nitrogens with zero attached hydrogens (tertiary/aromatic N) is 3. The third-order valence-electron chi connectivity index (χ3n) is 7.07. The van der Waals surface area contributed by atoms with E-state index >= 15 is 0 Å². The second-order valence-electron chi connectivity index (χ2n) is 9.01. The molecule has 0 saturated carbocycles. The number of rotatable bonds is 5. The summed E-state index contributed by atoms with van der Waals surface area (Å²) < 4.78 is 21.1. The number of fused-ring (bicyclic) bond motifs is 7. The highest BCUT2D eigenvalue weighted by atomic mass is 31.2. The zero-order chi connectivity index (χ0) is 23.2. The number of hydrogen-bond donors (Lipinski definition) is 0. The number of anilines is 2. The molecule has 1 aliphatic rings. The van der Waals surface area contributed by atoms with Gasteiger partial charge in [-0.3, -0.25) is 13.9 Å². The van der Waals surface area contributed by atoms with E-state index in [1.807, 2.05) is 30.5 Å². The fourth-order valence-electron chi connectivity index (χ4n) is 5.25. The molecule has 5 heteroatoms. The van der Waals surface area contributed by atoms with Gasteiger partial charge in [-0.05, 0) is 47.1 Å². The van der Waals surface area contributed by atoms with Crippen LogP contribution >= 0.6 is 7.59 Å². The second kappa shape index (κ2) is 8.52. The molecule has 1 aliphatic heterocycles. The Hall–Kier alpha value is -2.81. The Kier molecular flexibility index (Phi) is 5.68. The molecule has 0 spiro atoms. The largest absolute Gasteiger partial charge is 0.334 e. The van der Waals surface area contributed by atoms with Crippen LogP contribution in [0.5, 0.6) is 0 Å². The summed E-state index contributed by atoms with van der Waals surface area (Å²) in [5, 5.41) is 4.77. The monoisotopic (exact) mass is 457 g/mol. The Morgan fingerprint density at radius 3 is 1.70 bits per heavy atom. The summed E-state index contributed by atoms with van der Waals surface area (Å²) >= 11 is 0. The van der Waals surface area contributed by atoms with Gasteiger partial charge >= 0.3 is 7.59 Å². The maximum absolute atomic E-state index is 15.0. The molecule has 170 valence electrons. The summed E-state index contributed by atoms with van der Waals surface area (Å²) in [6, 6.07) is 25.7. The second-order valence-corrected chi connectivity index (χ2v) is 11.9. The van der Waals surface area contributed by atoms with E-state index in [9.17, 15) is 4.57 Å². The van der Waals surface area contributed by atoms with Gasteiger partial charge < -0.3 is 0 Å². The average Bonchev–Trinajstić information content (AvgIpc) is 2.92. The first-order valence-corrected chi connectivity index (χ1v) is 13.4. The molecule has 0 bridgehead atoms. The van der Waals surface area contributed by atoms with Crippen molar-refractivity contribution in [2.75, 3.05) is 37.0 Å². The van der Waals surface area contributed by atoms with Gasteiger partial charge in [0.1, 0.15) is 0 Å². The summed E-state index contributed by atoms with van der Waals surface area (Å²) in [4.78, 5) is 0. The summed E-state index contributed by atoms with van der Waals surface area (Å²) in [6.07, 6.45) is 3.32. The van der Waals surface area contributed by atoms with Gasteiger partial charge in [0.05, 0.1) is 11.4 Å². The average molecular weight is 458 g/mol. The Balaban J connectivity index is 1.86. The Morgan fingerprint density at radius 2 is 1.21 bits per heavy atom. The molecule has 0 unspecified atom stereocenters. The molecule has 0 amide bonds. The maximum Gasteiger partial charge on any atom is 0.334 e. The minimum atomic E-state index is -3.09. The highest BCUT2D eigenvalue weighted by Crippen LogP contribution is 2.64. The van der Waals surface area contributed by atoms with E-state index < -0.39 is 7.59 Å². The van der Waals surface area contributed by atoms with Crippen LogP contribution in [0.2, 0.25) is 0 Å². The smallest absolute Gasteiger partial charge is 0.297 e. The lowest BCUT2D eigenvalue weighted by atomic mass is 9.91. The number of unbranched alkanes of at least 4 members (excludes halogenated alkanes) is 2. The normalized spacial score (nSPS) is 15.1. The van der Waals surface area contributed by atoms with Crippen LogP contribution in [0.25, 0.3) is 32.7 Å². The molecule has 4 aromatic rings. The van der Waals surface area contributed by atoms with Crippen molar-refractivity contribution >= 4 is 40.5 Å². The fraction of sp³-hybridized carbons (Fsp3) is 0.286. The van der Waals surface area contributed by atoms with Crippen molar-refractivity contribution in [3.8, 4) is 11.1 Å². The van der Waals surface area contributed by atoms with Crippen LogP contribution in [0.3, 0.4) is 0 Å². The zero-order valence-corrected chi connectivity index (χ0v) is 20.8. The molecule has 5 rings (SSSR count). The van der Waals surface area contributed by atoms with Crippen molar-refractivity contribution < 1.29 is 4.57 Å². The van der Waals surface area contributed by atoms with Crippen LogP contribution in [0.15, 0.2) is 72.8 Å². The lowest BCUT2D eigenvalue weighted by Gasteiger charge is -2.41. The predicted octanol–water partition coefficient (Wildman–Crippen LogP) is 7.78. The van der Waals surface area contributed by atoms with Crippen LogP contribution in [0.1, 0.15) is 26.2 Å². The van der Waals surface area contributed by atoms with Crippen molar-refractivity contribution in [1.82, 2.24) is 4.67 Å². The summed E-state index contributed by atoms with van der Waals surface area (Å²) in [5.41, 5.74) is 4.35. The van der Waals surface area contributed by atoms with Crippen LogP contribution in [0, 0.1) is 0 Å².